The highest BCUT2D eigenvalue weighted by Crippen LogP contribution is 2.34. The van der Waals surface area contributed by atoms with Crippen molar-refractivity contribution in [2.24, 2.45) is 5.92 Å². The molecule has 1 aromatic heterocycles. The van der Waals surface area contributed by atoms with Crippen molar-refractivity contribution in [2.75, 3.05) is 27.3 Å². The third kappa shape index (κ3) is 3.87. The number of benzene rings is 2. The van der Waals surface area contributed by atoms with Gasteiger partial charge in [-0.05, 0) is 67.7 Å². The molecule has 1 aliphatic rings. The van der Waals surface area contributed by atoms with Crippen LogP contribution in [0.2, 0.25) is 0 Å². The van der Waals surface area contributed by atoms with E-state index in [1.807, 2.05) is 6.07 Å². The SMILES string of the molecule is COc1ccc(-c2cc3ccc(O)c(CN4CCC(C)CC4)c3oc2=O)cc1OC. The molecule has 158 valence electrons. The summed E-state index contributed by atoms with van der Waals surface area (Å²) in [4.78, 5) is 15.2. The lowest BCUT2D eigenvalue weighted by molar-refractivity contribution is 0.183. The van der Waals surface area contributed by atoms with E-state index in [1.165, 1.54) is 0 Å². The maximum absolute atomic E-state index is 12.9. The summed E-state index contributed by atoms with van der Waals surface area (Å²) in [6.07, 6.45) is 2.28. The fourth-order valence-electron chi connectivity index (χ4n) is 4.03. The molecular formula is C24H27NO5. The number of aromatic hydroxyl groups is 1. The van der Waals surface area contributed by atoms with Gasteiger partial charge in [0.15, 0.2) is 11.5 Å². The minimum Gasteiger partial charge on any atom is -0.507 e. The van der Waals surface area contributed by atoms with E-state index >= 15 is 0 Å². The molecule has 0 unspecified atom stereocenters. The number of hydrogen-bond acceptors (Lipinski definition) is 6. The van der Waals surface area contributed by atoms with E-state index in [0.29, 0.717) is 40.3 Å². The lowest BCUT2D eigenvalue weighted by Gasteiger charge is -2.30. The number of piperidine rings is 1. The second-order valence-electron chi connectivity index (χ2n) is 7.96. The molecule has 2 heterocycles. The Morgan fingerprint density at radius 2 is 1.80 bits per heavy atom. The first-order chi connectivity index (χ1) is 14.5. The van der Waals surface area contributed by atoms with Crippen LogP contribution in [0.1, 0.15) is 25.3 Å². The van der Waals surface area contributed by atoms with Crippen molar-refractivity contribution in [2.45, 2.75) is 26.3 Å². The average molecular weight is 409 g/mol. The van der Waals surface area contributed by atoms with Gasteiger partial charge < -0.3 is 19.0 Å². The summed E-state index contributed by atoms with van der Waals surface area (Å²) < 4.78 is 16.4. The molecule has 3 aromatic rings. The zero-order valence-electron chi connectivity index (χ0n) is 17.6. The third-order valence-electron chi connectivity index (χ3n) is 5.93. The molecule has 2 aromatic carbocycles. The molecule has 1 N–H and O–H groups in total. The number of phenolic OH excluding ortho intramolecular Hbond substituents is 1. The number of nitrogens with zero attached hydrogens (tertiary/aromatic N) is 1. The van der Waals surface area contributed by atoms with Crippen molar-refractivity contribution >= 4 is 11.0 Å². The van der Waals surface area contributed by atoms with Crippen molar-refractivity contribution < 1.29 is 19.0 Å². The zero-order chi connectivity index (χ0) is 21.3. The number of rotatable bonds is 5. The van der Waals surface area contributed by atoms with Gasteiger partial charge in [-0.15, -0.1) is 0 Å². The molecule has 1 saturated heterocycles. The Bertz CT molecular complexity index is 1110. The Morgan fingerprint density at radius 3 is 2.50 bits per heavy atom. The van der Waals surface area contributed by atoms with Gasteiger partial charge in [0.05, 0.1) is 25.3 Å². The molecule has 0 amide bonds. The van der Waals surface area contributed by atoms with E-state index in [9.17, 15) is 9.90 Å². The van der Waals surface area contributed by atoms with Crippen LogP contribution in [-0.2, 0) is 6.54 Å². The first kappa shape index (κ1) is 20.3. The molecule has 1 aliphatic heterocycles. The first-order valence-electron chi connectivity index (χ1n) is 10.2. The number of likely N-dealkylation sites (tertiary alicyclic amines) is 1. The Hall–Kier alpha value is -2.99. The molecule has 0 radical (unpaired) electrons. The molecule has 1 fully saturated rings. The number of fused-ring (bicyclic) bond motifs is 1. The van der Waals surface area contributed by atoms with Gasteiger partial charge >= 0.3 is 5.63 Å². The molecule has 4 rings (SSSR count). The normalized spacial score (nSPS) is 15.4. The maximum Gasteiger partial charge on any atom is 0.344 e. The average Bonchev–Trinajstić information content (AvgIpc) is 2.76. The van der Waals surface area contributed by atoms with E-state index in [0.717, 1.165) is 37.2 Å². The molecule has 0 atom stereocenters. The van der Waals surface area contributed by atoms with Crippen LogP contribution in [-0.4, -0.2) is 37.3 Å². The Balaban J connectivity index is 1.75. The quantitative estimate of drug-likeness (QED) is 0.629. The van der Waals surface area contributed by atoms with Crippen molar-refractivity contribution in [1.29, 1.82) is 0 Å². The summed E-state index contributed by atoms with van der Waals surface area (Å²) >= 11 is 0. The van der Waals surface area contributed by atoms with Crippen molar-refractivity contribution in [3.05, 3.63) is 52.4 Å². The van der Waals surface area contributed by atoms with Crippen LogP contribution in [0.4, 0.5) is 0 Å². The fourth-order valence-corrected chi connectivity index (χ4v) is 4.03. The van der Waals surface area contributed by atoms with Gasteiger partial charge in [0.2, 0.25) is 0 Å². The fraction of sp³-hybridized carbons (Fsp3) is 0.375. The predicted molar refractivity (Wildman–Crippen MR) is 116 cm³/mol. The minimum absolute atomic E-state index is 0.156. The standard InChI is InChI=1S/C24H27NO5/c1-15-8-10-25(11-9-15)14-19-20(26)6-4-17-12-18(24(27)30-23(17)19)16-5-7-21(28-2)22(13-16)29-3/h4-7,12-13,15,26H,8-11,14H2,1-3H3. The first-order valence-corrected chi connectivity index (χ1v) is 10.2. The highest BCUT2D eigenvalue weighted by atomic mass is 16.5. The number of hydrogen-bond donors (Lipinski definition) is 1. The largest absolute Gasteiger partial charge is 0.507 e. The van der Waals surface area contributed by atoms with Crippen molar-refractivity contribution in [1.82, 2.24) is 4.90 Å². The minimum atomic E-state index is -0.450. The highest BCUT2D eigenvalue weighted by molar-refractivity contribution is 5.86. The monoisotopic (exact) mass is 409 g/mol. The lowest BCUT2D eigenvalue weighted by Crippen LogP contribution is -2.32. The Labute approximate surface area is 175 Å². The second kappa shape index (κ2) is 8.40. The van der Waals surface area contributed by atoms with E-state index in [1.54, 1.807) is 44.6 Å². The van der Waals surface area contributed by atoms with Crippen LogP contribution < -0.4 is 15.1 Å². The van der Waals surface area contributed by atoms with E-state index < -0.39 is 5.63 Å². The smallest absolute Gasteiger partial charge is 0.344 e. The van der Waals surface area contributed by atoms with Gasteiger partial charge in [0, 0.05) is 11.9 Å². The van der Waals surface area contributed by atoms with E-state index in [2.05, 4.69) is 11.8 Å². The molecule has 0 aliphatic carbocycles. The summed E-state index contributed by atoms with van der Waals surface area (Å²) in [5.74, 6) is 2.02. The summed E-state index contributed by atoms with van der Waals surface area (Å²) in [6.45, 7) is 4.78. The molecule has 6 nitrogen and oxygen atoms in total. The predicted octanol–water partition coefficient (Wildman–Crippen LogP) is 4.41. The molecular weight excluding hydrogens is 382 g/mol. The van der Waals surface area contributed by atoms with E-state index in [-0.39, 0.29) is 5.75 Å². The maximum atomic E-state index is 12.9. The molecule has 0 saturated carbocycles. The van der Waals surface area contributed by atoms with E-state index in [4.69, 9.17) is 13.9 Å². The Morgan fingerprint density at radius 1 is 1.07 bits per heavy atom. The van der Waals surface area contributed by atoms with Gasteiger partial charge in [-0.25, -0.2) is 4.79 Å². The second-order valence-corrected chi connectivity index (χ2v) is 7.96. The van der Waals surface area contributed by atoms with Crippen LogP contribution >= 0.6 is 0 Å². The molecule has 0 bridgehead atoms. The van der Waals surface area contributed by atoms with Crippen LogP contribution in [0.3, 0.4) is 0 Å². The molecule has 6 heteroatoms. The van der Waals surface area contributed by atoms with Crippen LogP contribution in [0.5, 0.6) is 17.2 Å². The molecule has 0 spiro atoms. The molecule has 30 heavy (non-hydrogen) atoms. The third-order valence-corrected chi connectivity index (χ3v) is 5.93. The summed E-state index contributed by atoms with van der Waals surface area (Å²) in [5.41, 5.74) is 1.78. The summed E-state index contributed by atoms with van der Waals surface area (Å²) in [5, 5.41) is 11.3. The van der Waals surface area contributed by atoms with Gasteiger partial charge in [-0.3, -0.25) is 4.90 Å². The highest BCUT2D eigenvalue weighted by Gasteiger charge is 2.20. The summed E-state index contributed by atoms with van der Waals surface area (Å²) in [6, 6.07) is 10.6. The zero-order valence-corrected chi connectivity index (χ0v) is 17.6. The topological polar surface area (TPSA) is 72.1 Å². The van der Waals surface area contributed by atoms with Gasteiger partial charge in [0.25, 0.3) is 0 Å². The number of methoxy groups -OCH3 is 2. The van der Waals surface area contributed by atoms with Gasteiger partial charge in [-0.1, -0.05) is 13.0 Å². The van der Waals surface area contributed by atoms with Crippen LogP contribution in [0.15, 0.2) is 45.6 Å². The van der Waals surface area contributed by atoms with Crippen molar-refractivity contribution in [3.8, 4) is 28.4 Å². The van der Waals surface area contributed by atoms with Gasteiger partial charge in [0.1, 0.15) is 11.3 Å². The van der Waals surface area contributed by atoms with Gasteiger partial charge in [-0.2, -0.15) is 0 Å². The van der Waals surface area contributed by atoms with Crippen LogP contribution in [0, 0.1) is 5.92 Å². The Kier molecular flexibility index (Phi) is 5.68. The van der Waals surface area contributed by atoms with Crippen molar-refractivity contribution in [3.63, 3.8) is 0 Å². The summed E-state index contributed by atoms with van der Waals surface area (Å²) in [7, 11) is 3.12. The lowest BCUT2D eigenvalue weighted by atomic mass is 9.98. The number of ether oxygens (including phenoxy) is 2. The van der Waals surface area contributed by atoms with Crippen LogP contribution in [0.25, 0.3) is 22.1 Å². The number of phenols is 1.